The van der Waals surface area contributed by atoms with E-state index in [0.717, 1.165) is 50.6 Å². The van der Waals surface area contributed by atoms with Crippen molar-refractivity contribution in [3.63, 3.8) is 0 Å². The van der Waals surface area contributed by atoms with E-state index in [1.54, 1.807) is 13.3 Å². The van der Waals surface area contributed by atoms with Gasteiger partial charge in [-0.05, 0) is 48.9 Å². The molecule has 1 aromatic heterocycles. The van der Waals surface area contributed by atoms with Gasteiger partial charge in [0.2, 0.25) is 5.95 Å². The summed E-state index contributed by atoms with van der Waals surface area (Å²) in [5, 5.41) is 7.40. The quantitative estimate of drug-likeness (QED) is 0.703. The SMILES string of the molecule is COCCN1CCc2ccc(Nc3ncc(Cl)c(NC4CCCC4)n3)cc2CC1. The Hall–Kier alpha value is -1.89. The number of methoxy groups -OCH3 is 1. The lowest BCUT2D eigenvalue weighted by molar-refractivity contribution is 0.150. The van der Waals surface area contributed by atoms with Crippen LogP contribution in [0.15, 0.2) is 24.4 Å². The lowest BCUT2D eigenvalue weighted by Crippen LogP contribution is -2.29. The number of nitrogens with one attached hydrogen (secondary N) is 2. The van der Waals surface area contributed by atoms with E-state index >= 15 is 0 Å². The molecule has 0 saturated heterocycles. The highest BCUT2D eigenvalue weighted by molar-refractivity contribution is 6.32. The predicted octanol–water partition coefficient (Wildman–Crippen LogP) is 4.28. The first-order chi connectivity index (χ1) is 14.2. The number of aromatic nitrogens is 2. The van der Waals surface area contributed by atoms with Crippen molar-refractivity contribution in [3.05, 3.63) is 40.5 Å². The van der Waals surface area contributed by atoms with E-state index in [1.165, 1.54) is 36.8 Å². The van der Waals surface area contributed by atoms with Gasteiger partial charge in [-0.1, -0.05) is 30.5 Å². The fourth-order valence-electron chi connectivity index (χ4n) is 4.21. The number of hydrogen-bond acceptors (Lipinski definition) is 6. The standard InChI is InChI=1S/C22H30ClN5O/c1-29-13-12-28-10-8-16-6-7-19(14-17(16)9-11-28)26-22-24-15-20(23)21(27-22)25-18-4-2-3-5-18/h6-7,14-15,18H,2-5,8-13H2,1H3,(H2,24,25,26,27). The molecule has 4 rings (SSSR count). The molecular formula is C22H30ClN5O. The molecule has 0 bridgehead atoms. The lowest BCUT2D eigenvalue weighted by atomic mass is 10.0. The van der Waals surface area contributed by atoms with E-state index in [1.807, 2.05) is 0 Å². The Morgan fingerprint density at radius 1 is 1.17 bits per heavy atom. The summed E-state index contributed by atoms with van der Waals surface area (Å²) in [5.41, 5.74) is 3.84. The summed E-state index contributed by atoms with van der Waals surface area (Å²) in [6, 6.07) is 7.04. The summed E-state index contributed by atoms with van der Waals surface area (Å²) < 4.78 is 5.23. The molecule has 2 heterocycles. The molecule has 7 heteroatoms. The molecular weight excluding hydrogens is 386 g/mol. The number of ether oxygens (including phenoxy) is 1. The van der Waals surface area contributed by atoms with Crippen molar-refractivity contribution in [1.29, 1.82) is 0 Å². The van der Waals surface area contributed by atoms with Crippen molar-refractivity contribution in [3.8, 4) is 0 Å². The van der Waals surface area contributed by atoms with Gasteiger partial charge in [-0.25, -0.2) is 4.98 Å². The fourth-order valence-corrected chi connectivity index (χ4v) is 4.36. The number of rotatable bonds is 7. The van der Waals surface area contributed by atoms with Crippen LogP contribution in [-0.4, -0.2) is 54.3 Å². The van der Waals surface area contributed by atoms with Crippen LogP contribution in [0.1, 0.15) is 36.8 Å². The average Bonchev–Trinajstić information content (AvgIpc) is 3.15. The van der Waals surface area contributed by atoms with Crippen LogP contribution in [0.5, 0.6) is 0 Å². The molecule has 1 aliphatic carbocycles. The minimum absolute atomic E-state index is 0.462. The molecule has 0 unspecified atom stereocenters. The third-order valence-electron chi connectivity index (χ3n) is 5.91. The summed E-state index contributed by atoms with van der Waals surface area (Å²) in [7, 11) is 1.76. The highest BCUT2D eigenvalue weighted by atomic mass is 35.5. The Labute approximate surface area is 178 Å². The molecule has 1 aliphatic heterocycles. The Bertz CT molecular complexity index is 825. The summed E-state index contributed by atoms with van der Waals surface area (Å²) in [5.74, 6) is 1.30. The first-order valence-electron chi connectivity index (χ1n) is 10.6. The maximum absolute atomic E-state index is 6.31. The normalized spacial score (nSPS) is 17.7. The van der Waals surface area contributed by atoms with Crippen LogP contribution in [0.25, 0.3) is 0 Å². The molecule has 0 spiro atoms. The Balaban J connectivity index is 1.43. The second-order valence-electron chi connectivity index (χ2n) is 7.96. The van der Waals surface area contributed by atoms with E-state index < -0.39 is 0 Å². The average molecular weight is 416 g/mol. The van der Waals surface area contributed by atoms with E-state index in [0.29, 0.717) is 17.0 Å². The van der Waals surface area contributed by atoms with Crippen LogP contribution >= 0.6 is 11.6 Å². The van der Waals surface area contributed by atoms with E-state index in [-0.39, 0.29) is 0 Å². The fraction of sp³-hybridized carbons (Fsp3) is 0.545. The van der Waals surface area contributed by atoms with Gasteiger partial charge in [-0.2, -0.15) is 4.98 Å². The number of nitrogens with zero attached hydrogens (tertiary/aromatic N) is 3. The third-order valence-corrected chi connectivity index (χ3v) is 6.19. The van der Waals surface area contributed by atoms with Crippen molar-refractivity contribution in [2.45, 2.75) is 44.6 Å². The molecule has 0 atom stereocenters. The highest BCUT2D eigenvalue weighted by Gasteiger charge is 2.18. The smallest absolute Gasteiger partial charge is 0.229 e. The number of anilines is 3. The van der Waals surface area contributed by atoms with E-state index in [4.69, 9.17) is 16.3 Å². The minimum atomic E-state index is 0.462. The topological polar surface area (TPSA) is 62.3 Å². The van der Waals surface area contributed by atoms with Gasteiger partial charge in [0.1, 0.15) is 5.02 Å². The van der Waals surface area contributed by atoms with Crippen LogP contribution in [-0.2, 0) is 17.6 Å². The molecule has 0 amide bonds. The van der Waals surface area contributed by atoms with Crippen molar-refractivity contribution >= 4 is 29.1 Å². The van der Waals surface area contributed by atoms with Gasteiger partial charge >= 0.3 is 0 Å². The number of fused-ring (bicyclic) bond motifs is 1. The molecule has 2 aliphatic rings. The summed E-state index contributed by atoms with van der Waals surface area (Å²) in [4.78, 5) is 11.5. The van der Waals surface area contributed by atoms with Gasteiger partial charge in [0.15, 0.2) is 5.82 Å². The zero-order valence-electron chi connectivity index (χ0n) is 17.1. The van der Waals surface area contributed by atoms with Crippen molar-refractivity contribution in [1.82, 2.24) is 14.9 Å². The second kappa shape index (κ2) is 9.74. The van der Waals surface area contributed by atoms with Crippen LogP contribution < -0.4 is 10.6 Å². The predicted molar refractivity (Wildman–Crippen MR) is 118 cm³/mol. The Morgan fingerprint density at radius 2 is 1.97 bits per heavy atom. The molecule has 1 saturated carbocycles. The van der Waals surface area contributed by atoms with Gasteiger partial charge in [-0.15, -0.1) is 0 Å². The summed E-state index contributed by atoms with van der Waals surface area (Å²) in [6.07, 6.45) is 8.68. The van der Waals surface area contributed by atoms with Crippen LogP contribution in [0.2, 0.25) is 5.02 Å². The lowest BCUT2D eigenvalue weighted by Gasteiger charge is -2.18. The monoisotopic (exact) mass is 415 g/mol. The molecule has 6 nitrogen and oxygen atoms in total. The minimum Gasteiger partial charge on any atom is -0.383 e. The van der Waals surface area contributed by atoms with Crippen molar-refractivity contribution in [2.24, 2.45) is 0 Å². The molecule has 2 aromatic rings. The maximum atomic E-state index is 6.31. The van der Waals surface area contributed by atoms with Crippen LogP contribution in [0.3, 0.4) is 0 Å². The van der Waals surface area contributed by atoms with Gasteiger partial charge in [0, 0.05) is 38.5 Å². The van der Waals surface area contributed by atoms with Gasteiger partial charge < -0.3 is 20.3 Å². The Kier molecular flexibility index (Phi) is 6.85. The van der Waals surface area contributed by atoms with Gasteiger partial charge in [0.25, 0.3) is 0 Å². The molecule has 29 heavy (non-hydrogen) atoms. The summed E-state index contributed by atoms with van der Waals surface area (Å²) >= 11 is 6.31. The van der Waals surface area contributed by atoms with Crippen LogP contribution in [0, 0.1) is 0 Å². The second-order valence-corrected chi connectivity index (χ2v) is 8.37. The Morgan fingerprint density at radius 3 is 2.76 bits per heavy atom. The van der Waals surface area contributed by atoms with E-state index in [2.05, 4.69) is 43.7 Å². The molecule has 156 valence electrons. The number of halogens is 1. The third kappa shape index (κ3) is 5.38. The number of hydrogen-bond donors (Lipinski definition) is 2. The van der Waals surface area contributed by atoms with Crippen molar-refractivity contribution < 1.29 is 4.74 Å². The molecule has 1 aromatic carbocycles. The first kappa shape index (κ1) is 20.4. The zero-order valence-corrected chi connectivity index (χ0v) is 17.8. The molecule has 2 N–H and O–H groups in total. The van der Waals surface area contributed by atoms with Crippen molar-refractivity contribution in [2.75, 3.05) is 44.0 Å². The van der Waals surface area contributed by atoms with Gasteiger partial charge in [0.05, 0.1) is 12.8 Å². The first-order valence-corrected chi connectivity index (χ1v) is 11.0. The summed E-state index contributed by atoms with van der Waals surface area (Å²) in [6.45, 7) is 3.92. The zero-order chi connectivity index (χ0) is 20.1. The van der Waals surface area contributed by atoms with Gasteiger partial charge in [-0.3, -0.25) is 0 Å². The maximum Gasteiger partial charge on any atom is 0.229 e. The largest absolute Gasteiger partial charge is 0.383 e. The highest BCUT2D eigenvalue weighted by Crippen LogP contribution is 2.27. The molecule has 0 radical (unpaired) electrons. The molecule has 1 fully saturated rings. The van der Waals surface area contributed by atoms with Crippen LogP contribution in [0.4, 0.5) is 17.5 Å². The number of benzene rings is 1. The van der Waals surface area contributed by atoms with E-state index in [9.17, 15) is 0 Å².